The first-order chi connectivity index (χ1) is 14.2. The van der Waals surface area contributed by atoms with Crippen LogP contribution in [0.4, 0.5) is 0 Å². The third kappa shape index (κ3) is 4.13. The second-order valence-electron chi connectivity index (χ2n) is 7.80. The first-order valence-electron chi connectivity index (χ1n) is 9.48. The first-order valence-corrected chi connectivity index (χ1v) is 9.48. The molecule has 0 heterocycles. The summed E-state index contributed by atoms with van der Waals surface area (Å²) in [4.78, 5) is 13.1. The molecule has 0 amide bonds. The van der Waals surface area contributed by atoms with E-state index in [9.17, 15) is 9.90 Å². The van der Waals surface area contributed by atoms with Gasteiger partial charge in [0.15, 0.2) is 11.5 Å². The molecule has 0 saturated heterocycles. The van der Waals surface area contributed by atoms with Crippen molar-refractivity contribution in [2.75, 3.05) is 21.3 Å². The molecule has 0 bridgehead atoms. The van der Waals surface area contributed by atoms with Gasteiger partial charge in [-0.1, -0.05) is 12.1 Å². The Kier molecular flexibility index (Phi) is 5.78. The number of phenols is 1. The largest absolute Gasteiger partial charge is 0.507 e. The molecule has 0 spiro atoms. The van der Waals surface area contributed by atoms with Gasteiger partial charge in [-0.2, -0.15) is 0 Å². The van der Waals surface area contributed by atoms with Crippen LogP contribution < -0.4 is 14.2 Å². The van der Waals surface area contributed by atoms with E-state index in [1.54, 1.807) is 40.0 Å². The third-order valence-corrected chi connectivity index (χ3v) is 4.60. The van der Waals surface area contributed by atoms with Gasteiger partial charge in [0.1, 0.15) is 17.1 Å². The summed E-state index contributed by atoms with van der Waals surface area (Å²) in [5, 5.41) is 11.9. The number of fused-ring (bicyclic) bond motifs is 1. The van der Waals surface area contributed by atoms with Crippen LogP contribution in [0.2, 0.25) is 0 Å². The van der Waals surface area contributed by atoms with Gasteiger partial charge >= 0.3 is 5.97 Å². The first kappa shape index (κ1) is 21.3. The number of aromatic hydroxyl groups is 1. The Morgan fingerprint density at radius 2 is 1.50 bits per heavy atom. The Morgan fingerprint density at radius 3 is 2.07 bits per heavy atom. The Balaban J connectivity index is 2.40. The van der Waals surface area contributed by atoms with Gasteiger partial charge in [-0.25, -0.2) is 4.79 Å². The maximum atomic E-state index is 13.1. The number of hydrogen-bond donors (Lipinski definition) is 1. The molecular weight excluding hydrogens is 384 g/mol. The SMILES string of the molecule is COc1cccc(-c2c(C(=O)OC(C)(C)C)cc(O)c3cc(OC)c(OC)cc23)c1. The molecule has 30 heavy (non-hydrogen) atoms. The summed E-state index contributed by atoms with van der Waals surface area (Å²) in [6.07, 6.45) is 0. The van der Waals surface area contributed by atoms with E-state index in [-0.39, 0.29) is 11.3 Å². The fraction of sp³-hybridized carbons (Fsp3) is 0.292. The Hall–Kier alpha value is -3.41. The molecule has 0 unspecified atom stereocenters. The van der Waals surface area contributed by atoms with E-state index in [2.05, 4.69) is 0 Å². The summed E-state index contributed by atoms with van der Waals surface area (Å²) in [6, 6.07) is 12.2. The molecule has 1 N–H and O–H groups in total. The number of carbonyl (C=O) groups is 1. The number of benzene rings is 3. The Morgan fingerprint density at radius 1 is 0.867 bits per heavy atom. The fourth-order valence-corrected chi connectivity index (χ4v) is 3.31. The predicted molar refractivity (Wildman–Crippen MR) is 116 cm³/mol. The lowest BCUT2D eigenvalue weighted by molar-refractivity contribution is 0.00702. The molecule has 6 heteroatoms. The summed E-state index contributed by atoms with van der Waals surface area (Å²) < 4.78 is 21.8. The Labute approximate surface area is 175 Å². The average Bonchev–Trinajstić information content (AvgIpc) is 2.71. The zero-order chi connectivity index (χ0) is 22.1. The summed E-state index contributed by atoms with van der Waals surface area (Å²) in [7, 11) is 4.64. The number of methoxy groups -OCH3 is 3. The van der Waals surface area contributed by atoms with Crippen molar-refractivity contribution < 1.29 is 28.8 Å². The van der Waals surface area contributed by atoms with Crippen LogP contribution in [0.15, 0.2) is 42.5 Å². The van der Waals surface area contributed by atoms with Gasteiger partial charge < -0.3 is 24.1 Å². The zero-order valence-electron chi connectivity index (χ0n) is 18.0. The fourth-order valence-electron chi connectivity index (χ4n) is 3.31. The predicted octanol–water partition coefficient (Wildman–Crippen LogP) is 5.19. The summed E-state index contributed by atoms with van der Waals surface area (Å²) in [6.45, 7) is 5.39. The van der Waals surface area contributed by atoms with Crippen molar-refractivity contribution in [1.82, 2.24) is 0 Å². The van der Waals surface area contributed by atoms with E-state index in [4.69, 9.17) is 18.9 Å². The minimum atomic E-state index is -0.690. The molecule has 0 aliphatic carbocycles. The maximum Gasteiger partial charge on any atom is 0.339 e. The number of phenolic OH excluding ortho intramolecular Hbond substituents is 1. The standard InChI is InChI=1S/C24H26O6/c1-24(2,3)30-23(26)18-11-19(25)16-12-20(28-5)21(29-6)13-17(16)22(18)14-8-7-9-15(10-14)27-4/h7-13,25H,1-6H3. The zero-order valence-corrected chi connectivity index (χ0v) is 18.0. The minimum Gasteiger partial charge on any atom is -0.507 e. The highest BCUT2D eigenvalue weighted by molar-refractivity contribution is 6.11. The molecule has 3 rings (SSSR count). The quantitative estimate of drug-likeness (QED) is 0.583. The van der Waals surface area contributed by atoms with Crippen LogP contribution in [0.1, 0.15) is 31.1 Å². The van der Waals surface area contributed by atoms with Gasteiger partial charge in [-0.05, 0) is 62.1 Å². The normalized spacial score (nSPS) is 11.3. The van der Waals surface area contributed by atoms with Crippen LogP contribution >= 0.6 is 0 Å². The molecule has 0 aromatic heterocycles. The molecular formula is C24H26O6. The minimum absolute atomic E-state index is 0.0570. The van der Waals surface area contributed by atoms with Gasteiger partial charge in [-0.3, -0.25) is 0 Å². The van der Waals surface area contributed by atoms with Crippen molar-refractivity contribution in [2.24, 2.45) is 0 Å². The molecule has 0 saturated carbocycles. The highest BCUT2D eigenvalue weighted by Gasteiger charge is 2.25. The molecule has 0 fully saturated rings. The van der Waals surface area contributed by atoms with Crippen LogP contribution in [-0.2, 0) is 4.74 Å². The average molecular weight is 410 g/mol. The number of esters is 1. The lowest BCUT2D eigenvalue weighted by Crippen LogP contribution is -2.24. The summed E-state index contributed by atoms with van der Waals surface area (Å²) >= 11 is 0. The molecule has 3 aromatic rings. The van der Waals surface area contributed by atoms with Gasteiger partial charge in [0, 0.05) is 10.9 Å². The maximum absolute atomic E-state index is 13.1. The van der Waals surface area contributed by atoms with Crippen molar-refractivity contribution in [3.8, 4) is 34.1 Å². The van der Waals surface area contributed by atoms with Crippen LogP contribution in [0.25, 0.3) is 21.9 Å². The van der Waals surface area contributed by atoms with E-state index >= 15 is 0 Å². The molecule has 0 radical (unpaired) electrons. The molecule has 0 aliphatic heterocycles. The topological polar surface area (TPSA) is 74.2 Å². The number of carbonyl (C=O) groups excluding carboxylic acids is 1. The van der Waals surface area contributed by atoms with E-state index < -0.39 is 11.6 Å². The Bertz CT molecular complexity index is 1100. The van der Waals surface area contributed by atoms with Crippen LogP contribution in [0, 0.1) is 0 Å². The smallest absolute Gasteiger partial charge is 0.339 e. The van der Waals surface area contributed by atoms with E-state index in [1.807, 2.05) is 24.3 Å². The molecule has 3 aromatic carbocycles. The van der Waals surface area contributed by atoms with Crippen molar-refractivity contribution in [3.63, 3.8) is 0 Å². The van der Waals surface area contributed by atoms with Crippen LogP contribution in [0.5, 0.6) is 23.0 Å². The van der Waals surface area contributed by atoms with Crippen molar-refractivity contribution >= 4 is 16.7 Å². The summed E-state index contributed by atoms with van der Waals surface area (Å²) in [5.41, 5.74) is 0.907. The lowest BCUT2D eigenvalue weighted by atomic mass is 9.92. The molecule has 158 valence electrons. The van der Waals surface area contributed by atoms with Gasteiger partial charge in [-0.15, -0.1) is 0 Å². The second-order valence-corrected chi connectivity index (χ2v) is 7.80. The van der Waals surface area contributed by atoms with Gasteiger partial charge in [0.2, 0.25) is 0 Å². The number of ether oxygens (including phenoxy) is 4. The lowest BCUT2D eigenvalue weighted by Gasteiger charge is -2.22. The highest BCUT2D eigenvalue weighted by Crippen LogP contribution is 2.43. The van der Waals surface area contributed by atoms with Gasteiger partial charge in [0.25, 0.3) is 0 Å². The van der Waals surface area contributed by atoms with Crippen LogP contribution in [-0.4, -0.2) is 38.0 Å². The monoisotopic (exact) mass is 410 g/mol. The van der Waals surface area contributed by atoms with Crippen molar-refractivity contribution in [3.05, 3.63) is 48.0 Å². The van der Waals surface area contributed by atoms with Gasteiger partial charge in [0.05, 0.1) is 26.9 Å². The number of rotatable bonds is 5. The van der Waals surface area contributed by atoms with E-state index in [0.717, 1.165) is 5.56 Å². The van der Waals surface area contributed by atoms with Crippen molar-refractivity contribution in [2.45, 2.75) is 26.4 Å². The molecule has 6 nitrogen and oxygen atoms in total. The van der Waals surface area contributed by atoms with E-state index in [1.165, 1.54) is 20.3 Å². The van der Waals surface area contributed by atoms with E-state index in [0.29, 0.717) is 33.6 Å². The second kappa shape index (κ2) is 8.14. The molecule has 0 aliphatic rings. The number of hydrogen-bond acceptors (Lipinski definition) is 6. The van der Waals surface area contributed by atoms with Crippen molar-refractivity contribution in [1.29, 1.82) is 0 Å². The summed E-state index contributed by atoms with van der Waals surface area (Å²) in [5.74, 6) is 1.01. The van der Waals surface area contributed by atoms with Crippen LogP contribution in [0.3, 0.4) is 0 Å². The highest BCUT2D eigenvalue weighted by atomic mass is 16.6. The molecule has 0 atom stereocenters. The third-order valence-electron chi connectivity index (χ3n) is 4.60.